The van der Waals surface area contributed by atoms with Gasteiger partial charge >= 0.3 is 0 Å². The number of nitrogens with one attached hydrogen (secondary N) is 1. The van der Waals surface area contributed by atoms with Crippen LogP contribution >= 0.6 is 0 Å². The third-order valence-electron chi connectivity index (χ3n) is 4.51. The number of carbonyl (C=O) groups excluding carboxylic acids is 1. The molecule has 1 atom stereocenters. The molecule has 3 heteroatoms. The quantitative estimate of drug-likeness (QED) is 0.572. The molecule has 1 aromatic heterocycles. The number of primary amides is 1. The summed E-state index contributed by atoms with van der Waals surface area (Å²) < 4.78 is 0. The van der Waals surface area contributed by atoms with Crippen LogP contribution in [-0.4, -0.2) is 10.9 Å². The molecule has 4 aromatic rings. The number of hydrogen-bond acceptors (Lipinski definition) is 1. The number of aromatic amines is 1. The molecule has 1 unspecified atom stereocenters. The first-order valence-electron chi connectivity index (χ1n) is 8.26. The summed E-state index contributed by atoms with van der Waals surface area (Å²) in [5.41, 5.74) is 10.7. The minimum Gasteiger partial charge on any atom is -0.369 e. The Morgan fingerprint density at radius 1 is 0.800 bits per heavy atom. The standard InChI is InChI=1S/C22H18N2O/c23-22(25)19(15-9-3-1-4-10-15)20-17-13-7-8-14-18(17)24-21(20)16-11-5-2-6-12-16/h1-14,19,24H,(H2,23,25). The smallest absolute Gasteiger partial charge is 0.229 e. The molecule has 1 heterocycles. The number of rotatable bonds is 4. The van der Waals surface area contributed by atoms with Gasteiger partial charge in [-0.15, -0.1) is 0 Å². The van der Waals surface area contributed by atoms with Gasteiger partial charge in [0.1, 0.15) is 0 Å². The Bertz CT molecular complexity index is 1020. The molecule has 0 spiro atoms. The first-order chi connectivity index (χ1) is 12.3. The van der Waals surface area contributed by atoms with E-state index in [0.29, 0.717) is 0 Å². The Morgan fingerprint density at radius 2 is 1.40 bits per heavy atom. The van der Waals surface area contributed by atoms with Crippen LogP contribution in [0.1, 0.15) is 17.0 Å². The molecular weight excluding hydrogens is 308 g/mol. The molecule has 122 valence electrons. The summed E-state index contributed by atoms with van der Waals surface area (Å²) in [6.45, 7) is 0. The summed E-state index contributed by atoms with van der Waals surface area (Å²) in [4.78, 5) is 15.9. The van der Waals surface area contributed by atoms with Crippen LogP contribution in [0, 0.1) is 0 Å². The highest BCUT2D eigenvalue weighted by Crippen LogP contribution is 2.38. The van der Waals surface area contributed by atoms with Crippen LogP contribution in [0.5, 0.6) is 0 Å². The first kappa shape index (κ1) is 15.2. The van der Waals surface area contributed by atoms with Gasteiger partial charge in [0.25, 0.3) is 0 Å². The average Bonchev–Trinajstić information content (AvgIpc) is 3.03. The SMILES string of the molecule is NC(=O)C(c1ccccc1)c1c(-c2ccccc2)[nH]c2ccccc12. The lowest BCUT2D eigenvalue weighted by atomic mass is 9.87. The number of amides is 1. The molecule has 0 saturated heterocycles. The fraction of sp³-hybridized carbons (Fsp3) is 0.0455. The molecular formula is C22H18N2O. The minimum absolute atomic E-state index is 0.354. The van der Waals surface area contributed by atoms with E-state index in [2.05, 4.69) is 4.98 Å². The largest absolute Gasteiger partial charge is 0.369 e. The van der Waals surface area contributed by atoms with E-state index in [9.17, 15) is 4.79 Å². The lowest BCUT2D eigenvalue weighted by molar-refractivity contribution is -0.118. The zero-order valence-corrected chi connectivity index (χ0v) is 13.6. The van der Waals surface area contributed by atoms with E-state index in [1.54, 1.807) is 0 Å². The van der Waals surface area contributed by atoms with Crippen LogP contribution in [0.25, 0.3) is 22.2 Å². The van der Waals surface area contributed by atoms with Crippen molar-refractivity contribution >= 4 is 16.8 Å². The van der Waals surface area contributed by atoms with Gasteiger partial charge in [-0.3, -0.25) is 4.79 Å². The van der Waals surface area contributed by atoms with Crippen molar-refractivity contribution in [1.29, 1.82) is 0 Å². The monoisotopic (exact) mass is 326 g/mol. The van der Waals surface area contributed by atoms with Crippen molar-refractivity contribution in [2.75, 3.05) is 0 Å². The third kappa shape index (κ3) is 2.70. The van der Waals surface area contributed by atoms with Crippen molar-refractivity contribution in [1.82, 2.24) is 4.98 Å². The Labute approximate surface area is 146 Å². The number of carbonyl (C=O) groups is 1. The van der Waals surface area contributed by atoms with Crippen LogP contribution in [0.4, 0.5) is 0 Å². The van der Waals surface area contributed by atoms with E-state index in [0.717, 1.165) is 33.3 Å². The molecule has 25 heavy (non-hydrogen) atoms. The van der Waals surface area contributed by atoms with Gasteiger partial charge in [0.05, 0.1) is 11.6 Å². The maximum Gasteiger partial charge on any atom is 0.229 e. The van der Waals surface area contributed by atoms with E-state index >= 15 is 0 Å². The number of aromatic nitrogens is 1. The maximum absolute atomic E-state index is 12.4. The molecule has 0 bridgehead atoms. The van der Waals surface area contributed by atoms with Crippen molar-refractivity contribution < 1.29 is 4.79 Å². The van der Waals surface area contributed by atoms with E-state index < -0.39 is 5.92 Å². The summed E-state index contributed by atoms with van der Waals surface area (Å²) in [7, 11) is 0. The molecule has 3 aromatic carbocycles. The van der Waals surface area contributed by atoms with Crippen LogP contribution < -0.4 is 5.73 Å². The first-order valence-corrected chi connectivity index (χ1v) is 8.26. The van der Waals surface area contributed by atoms with Crippen LogP contribution in [0.2, 0.25) is 0 Å². The lowest BCUT2D eigenvalue weighted by Crippen LogP contribution is -2.22. The molecule has 0 fully saturated rings. The highest BCUT2D eigenvalue weighted by molar-refractivity contribution is 5.98. The summed E-state index contributed by atoms with van der Waals surface area (Å²) in [5.74, 6) is -0.860. The zero-order chi connectivity index (χ0) is 17.2. The normalized spacial score (nSPS) is 12.2. The maximum atomic E-state index is 12.4. The lowest BCUT2D eigenvalue weighted by Gasteiger charge is -2.16. The molecule has 0 radical (unpaired) electrons. The van der Waals surface area contributed by atoms with E-state index in [4.69, 9.17) is 5.73 Å². The van der Waals surface area contributed by atoms with Crippen molar-refractivity contribution in [3.63, 3.8) is 0 Å². The second-order valence-electron chi connectivity index (χ2n) is 6.07. The third-order valence-corrected chi connectivity index (χ3v) is 4.51. The molecule has 0 aliphatic rings. The fourth-order valence-electron chi connectivity index (χ4n) is 3.41. The van der Waals surface area contributed by atoms with Crippen molar-refractivity contribution in [2.45, 2.75) is 5.92 Å². The second-order valence-corrected chi connectivity index (χ2v) is 6.07. The summed E-state index contributed by atoms with van der Waals surface area (Å²) in [5, 5.41) is 1.02. The van der Waals surface area contributed by atoms with Gasteiger partial charge in [-0.2, -0.15) is 0 Å². The van der Waals surface area contributed by atoms with Crippen molar-refractivity contribution in [3.8, 4) is 11.3 Å². The molecule has 0 aliphatic carbocycles. The minimum atomic E-state index is -0.507. The Kier molecular flexibility index (Phi) is 3.82. The van der Waals surface area contributed by atoms with Gasteiger partial charge in [0.2, 0.25) is 5.91 Å². The number of hydrogen-bond donors (Lipinski definition) is 2. The van der Waals surface area contributed by atoms with Crippen LogP contribution in [-0.2, 0) is 4.79 Å². The van der Waals surface area contributed by atoms with Gasteiger partial charge in [0.15, 0.2) is 0 Å². The summed E-state index contributed by atoms with van der Waals surface area (Å²) in [6.07, 6.45) is 0. The molecule has 0 aliphatic heterocycles. The van der Waals surface area contributed by atoms with Gasteiger partial charge in [-0.25, -0.2) is 0 Å². The fourth-order valence-corrected chi connectivity index (χ4v) is 3.41. The van der Waals surface area contributed by atoms with Crippen molar-refractivity contribution in [2.24, 2.45) is 5.73 Å². The predicted octanol–water partition coefficient (Wildman–Crippen LogP) is 4.45. The number of H-pyrrole nitrogens is 1. The number of benzene rings is 3. The van der Waals surface area contributed by atoms with E-state index in [-0.39, 0.29) is 5.91 Å². The van der Waals surface area contributed by atoms with Gasteiger partial charge in [0, 0.05) is 16.5 Å². The molecule has 3 nitrogen and oxygen atoms in total. The molecule has 1 amide bonds. The number of para-hydroxylation sites is 1. The Balaban J connectivity index is 2.03. The van der Waals surface area contributed by atoms with Crippen molar-refractivity contribution in [3.05, 3.63) is 96.1 Å². The highest BCUT2D eigenvalue weighted by Gasteiger charge is 2.27. The Morgan fingerprint density at radius 3 is 2.08 bits per heavy atom. The van der Waals surface area contributed by atoms with Crippen LogP contribution in [0.15, 0.2) is 84.9 Å². The number of fused-ring (bicyclic) bond motifs is 1. The van der Waals surface area contributed by atoms with E-state index in [1.165, 1.54) is 0 Å². The Hall–Kier alpha value is -3.33. The molecule has 3 N–H and O–H groups in total. The van der Waals surface area contributed by atoms with Gasteiger partial charge < -0.3 is 10.7 Å². The number of nitrogens with two attached hydrogens (primary N) is 1. The van der Waals surface area contributed by atoms with Crippen LogP contribution in [0.3, 0.4) is 0 Å². The average molecular weight is 326 g/mol. The topological polar surface area (TPSA) is 58.9 Å². The molecule has 4 rings (SSSR count). The predicted molar refractivity (Wildman–Crippen MR) is 101 cm³/mol. The van der Waals surface area contributed by atoms with E-state index in [1.807, 2.05) is 84.9 Å². The second kappa shape index (κ2) is 6.29. The highest BCUT2D eigenvalue weighted by atomic mass is 16.1. The summed E-state index contributed by atoms with van der Waals surface area (Å²) in [6, 6.07) is 27.8. The summed E-state index contributed by atoms with van der Waals surface area (Å²) >= 11 is 0. The van der Waals surface area contributed by atoms with Gasteiger partial charge in [-0.05, 0) is 17.2 Å². The molecule has 0 saturated carbocycles. The zero-order valence-electron chi connectivity index (χ0n) is 13.6. The van der Waals surface area contributed by atoms with Gasteiger partial charge in [-0.1, -0.05) is 78.9 Å².